The van der Waals surface area contributed by atoms with E-state index in [0.717, 1.165) is 11.0 Å². The minimum absolute atomic E-state index is 0.231. The predicted molar refractivity (Wildman–Crippen MR) is 91.9 cm³/mol. The number of hydrogen-bond donors (Lipinski definition) is 3. The number of nitrogens with one attached hydrogen (secondary N) is 2. The van der Waals surface area contributed by atoms with Crippen LogP contribution in [-0.4, -0.2) is 61.6 Å². The second-order valence-electron chi connectivity index (χ2n) is 5.63. The number of anilines is 2. The highest BCUT2D eigenvalue weighted by molar-refractivity contribution is 5.97. The summed E-state index contributed by atoms with van der Waals surface area (Å²) in [6.45, 7) is 7.35. The average Bonchev–Trinajstić information content (AvgIpc) is 2.47. The van der Waals surface area contributed by atoms with Crippen molar-refractivity contribution >= 4 is 17.5 Å². The van der Waals surface area contributed by atoms with Crippen LogP contribution in [0.15, 0.2) is 0 Å². The largest absolute Gasteiger partial charge is 0.382 e. The normalized spacial score (nSPS) is 10.5. The number of carbonyl (C=O) groups excluding carboxylic acids is 1. The molecule has 22 heavy (non-hydrogen) atoms. The lowest BCUT2D eigenvalue weighted by molar-refractivity contribution is -0.869. The average molecular weight is 311 g/mol. The number of nitrogen functional groups attached to an aromatic ring is 1. The molecule has 4 N–H and O–H groups in total. The summed E-state index contributed by atoms with van der Waals surface area (Å²) in [6.07, 6.45) is 0.641. The van der Waals surface area contributed by atoms with Gasteiger partial charge in [0.25, 0.3) is 5.91 Å². The Morgan fingerprint density at radius 1 is 1.23 bits per heavy atom. The summed E-state index contributed by atoms with van der Waals surface area (Å²) in [5.41, 5.74) is 6.72. The summed E-state index contributed by atoms with van der Waals surface area (Å²) >= 11 is 0. The quantitative estimate of drug-likeness (QED) is 0.685. The van der Waals surface area contributed by atoms with Crippen molar-refractivity contribution in [3.05, 3.63) is 11.4 Å². The van der Waals surface area contributed by atoms with Crippen LogP contribution >= 0.6 is 0 Å². The second kappa shape index (κ2) is 9.19. The smallest absolute Gasteiger partial charge is 0.273 e. The third-order valence-corrected chi connectivity index (χ3v) is 2.85. The van der Waals surface area contributed by atoms with Crippen LogP contribution in [0.4, 0.5) is 11.6 Å². The molecule has 0 spiro atoms. The van der Waals surface area contributed by atoms with Crippen LogP contribution < -0.4 is 16.4 Å². The molecule has 7 nitrogen and oxygen atoms in total. The molecular formula is C15H31N6O+. The van der Waals surface area contributed by atoms with Crippen molar-refractivity contribution < 1.29 is 9.28 Å². The molecule has 1 heterocycles. The maximum absolute atomic E-state index is 12.2. The summed E-state index contributed by atoms with van der Waals surface area (Å²) < 4.78 is 0.785. The van der Waals surface area contributed by atoms with Crippen LogP contribution in [-0.2, 0) is 6.42 Å². The molecule has 0 unspecified atom stereocenters. The molecule has 7 heteroatoms. The third kappa shape index (κ3) is 6.26. The number of aryl methyl sites for hydroxylation is 1. The summed E-state index contributed by atoms with van der Waals surface area (Å²) in [7, 11) is 7.91. The minimum atomic E-state index is -0.231. The van der Waals surface area contributed by atoms with Crippen molar-refractivity contribution in [3.8, 4) is 0 Å². The van der Waals surface area contributed by atoms with Crippen molar-refractivity contribution in [1.82, 2.24) is 15.3 Å². The molecule has 0 radical (unpaired) electrons. The van der Waals surface area contributed by atoms with Crippen LogP contribution in [0.3, 0.4) is 0 Å². The Kier molecular flexibility index (Phi) is 8.40. The molecule has 0 fully saturated rings. The molecular weight excluding hydrogens is 280 g/mol. The van der Waals surface area contributed by atoms with Crippen LogP contribution in [0.2, 0.25) is 0 Å². The summed E-state index contributed by atoms with van der Waals surface area (Å²) in [5.74, 6) is 0.534. The molecule has 0 aliphatic heterocycles. The number of carbonyl (C=O) groups is 1. The van der Waals surface area contributed by atoms with Gasteiger partial charge < -0.3 is 20.9 Å². The lowest BCUT2D eigenvalue weighted by atomic mass is 10.3. The van der Waals surface area contributed by atoms with Gasteiger partial charge in [0.1, 0.15) is 5.82 Å². The monoisotopic (exact) mass is 311 g/mol. The number of rotatable bonds is 6. The first-order chi connectivity index (χ1) is 10.3. The first-order valence-corrected chi connectivity index (χ1v) is 7.71. The summed E-state index contributed by atoms with van der Waals surface area (Å²) in [6, 6.07) is 0. The van der Waals surface area contributed by atoms with Crippen LogP contribution in [0.25, 0.3) is 0 Å². The van der Waals surface area contributed by atoms with Gasteiger partial charge in [-0.1, -0.05) is 20.8 Å². The number of nitrogens with two attached hydrogens (primary N) is 1. The SMILES string of the molecule is CC.CCc1nc(C(=O)NCC[N+](C)(C)C)c(NC)nc1N. The molecule has 0 aliphatic carbocycles. The van der Waals surface area contributed by atoms with Gasteiger partial charge in [-0.15, -0.1) is 0 Å². The molecule has 0 atom stereocenters. The number of likely N-dealkylation sites (N-methyl/N-ethyl adjacent to an activating group) is 1. The van der Waals surface area contributed by atoms with E-state index >= 15 is 0 Å². The minimum Gasteiger partial charge on any atom is -0.382 e. The Bertz CT molecular complexity index is 482. The Balaban J connectivity index is 0.00000211. The summed E-state index contributed by atoms with van der Waals surface area (Å²) in [5, 5.41) is 5.72. The van der Waals surface area contributed by atoms with Gasteiger partial charge in [-0.3, -0.25) is 4.79 Å². The van der Waals surface area contributed by atoms with Crippen molar-refractivity contribution in [2.75, 3.05) is 52.3 Å². The predicted octanol–water partition coefficient (Wildman–Crippen LogP) is 1.13. The van der Waals surface area contributed by atoms with E-state index in [1.807, 2.05) is 20.8 Å². The maximum Gasteiger partial charge on any atom is 0.273 e. The highest BCUT2D eigenvalue weighted by atomic mass is 16.1. The molecule has 0 aliphatic rings. The summed E-state index contributed by atoms with van der Waals surface area (Å²) in [4.78, 5) is 20.7. The van der Waals surface area contributed by atoms with Crippen LogP contribution in [0.5, 0.6) is 0 Å². The molecule has 0 aromatic carbocycles. The lowest BCUT2D eigenvalue weighted by Crippen LogP contribution is -2.42. The van der Waals surface area contributed by atoms with E-state index in [1.165, 1.54) is 0 Å². The fourth-order valence-corrected chi connectivity index (χ4v) is 1.66. The lowest BCUT2D eigenvalue weighted by Gasteiger charge is -2.23. The van der Waals surface area contributed by atoms with Gasteiger partial charge in [0.2, 0.25) is 0 Å². The molecule has 0 bridgehead atoms. The van der Waals surface area contributed by atoms with Crippen molar-refractivity contribution in [2.24, 2.45) is 0 Å². The van der Waals surface area contributed by atoms with E-state index in [0.29, 0.717) is 36.0 Å². The number of quaternary nitrogens is 1. The van der Waals surface area contributed by atoms with Gasteiger partial charge in [0.15, 0.2) is 11.5 Å². The number of aromatic nitrogens is 2. The van der Waals surface area contributed by atoms with Gasteiger partial charge in [0.05, 0.1) is 39.9 Å². The first-order valence-electron chi connectivity index (χ1n) is 7.71. The molecule has 1 aromatic heterocycles. The Morgan fingerprint density at radius 2 is 1.82 bits per heavy atom. The van der Waals surface area contributed by atoms with E-state index in [4.69, 9.17) is 5.73 Å². The topological polar surface area (TPSA) is 92.9 Å². The zero-order valence-electron chi connectivity index (χ0n) is 14.9. The van der Waals surface area contributed by atoms with Crippen LogP contribution in [0.1, 0.15) is 37.0 Å². The fraction of sp³-hybridized carbons (Fsp3) is 0.667. The standard InChI is InChI=1S/C13H24N6O.C2H6/c1-6-9-11(14)18-12(15-2)10(17-9)13(20)16-7-8-19(3,4)5;1-2/h6-8H2,1-5H3,(H3-,14,15,16,18,20);1-2H3/p+1. The number of amides is 1. The molecule has 1 aromatic rings. The van der Waals surface area contributed by atoms with Gasteiger partial charge in [-0.25, -0.2) is 9.97 Å². The Hall–Kier alpha value is -1.89. The van der Waals surface area contributed by atoms with Gasteiger partial charge >= 0.3 is 0 Å². The molecule has 1 amide bonds. The van der Waals surface area contributed by atoms with E-state index in [1.54, 1.807) is 7.05 Å². The van der Waals surface area contributed by atoms with E-state index in [9.17, 15) is 4.79 Å². The number of nitrogens with zero attached hydrogens (tertiary/aromatic N) is 3. The Morgan fingerprint density at radius 3 is 2.27 bits per heavy atom. The highest BCUT2D eigenvalue weighted by Gasteiger charge is 2.17. The fourth-order valence-electron chi connectivity index (χ4n) is 1.66. The second-order valence-corrected chi connectivity index (χ2v) is 5.63. The van der Waals surface area contributed by atoms with Crippen molar-refractivity contribution in [3.63, 3.8) is 0 Å². The highest BCUT2D eigenvalue weighted by Crippen LogP contribution is 2.15. The zero-order valence-corrected chi connectivity index (χ0v) is 14.9. The van der Waals surface area contributed by atoms with E-state index < -0.39 is 0 Å². The van der Waals surface area contributed by atoms with E-state index in [2.05, 4.69) is 41.7 Å². The molecule has 0 saturated heterocycles. The molecule has 0 saturated carbocycles. The van der Waals surface area contributed by atoms with Crippen LogP contribution in [0, 0.1) is 0 Å². The maximum atomic E-state index is 12.2. The number of hydrogen-bond acceptors (Lipinski definition) is 5. The van der Waals surface area contributed by atoms with Gasteiger partial charge in [-0.05, 0) is 6.42 Å². The molecule has 1 rings (SSSR count). The van der Waals surface area contributed by atoms with Crippen molar-refractivity contribution in [2.45, 2.75) is 27.2 Å². The Labute approximate surface area is 133 Å². The third-order valence-electron chi connectivity index (χ3n) is 2.85. The van der Waals surface area contributed by atoms with Crippen molar-refractivity contribution in [1.29, 1.82) is 0 Å². The molecule has 126 valence electrons. The van der Waals surface area contributed by atoms with Gasteiger partial charge in [-0.2, -0.15) is 0 Å². The van der Waals surface area contributed by atoms with Gasteiger partial charge in [0, 0.05) is 7.05 Å². The zero-order chi connectivity index (χ0) is 17.3. The van der Waals surface area contributed by atoms with E-state index in [-0.39, 0.29) is 5.91 Å². The first kappa shape index (κ1) is 20.1.